The Morgan fingerprint density at radius 1 is 1.22 bits per heavy atom. The van der Waals surface area contributed by atoms with Crippen molar-refractivity contribution in [2.45, 2.75) is 57.4 Å². The normalized spacial score (nSPS) is 29.8. The molecular weight excluding hydrogens is 234 g/mol. The fourth-order valence-corrected chi connectivity index (χ4v) is 3.23. The predicted molar refractivity (Wildman–Crippen MR) is 70.0 cm³/mol. The van der Waals surface area contributed by atoms with Gasteiger partial charge in [0.15, 0.2) is 0 Å². The summed E-state index contributed by atoms with van der Waals surface area (Å²) in [6.07, 6.45) is 4.43. The lowest BCUT2D eigenvalue weighted by atomic mass is 10.0. The quantitative estimate of drug-likeness (QED) is 0.817. The van der Waals surface area contributed by atoms with E-state index in [1.807, 2.05) is 0 Å². The van der Waals surface area contributed by atoms with Gasteiger partial charge in [0.2, 0.25) is 5.92 Å². The highest BCUT2D eigenvalue weighted by molar-refractivity contribution is 4.84. The molecule has 2 rings (SSSR count). The van der Waals surface area contributed by atoms with Gasteiger partial charge >= 0.3 is 0 Å². The third-order valence-corrected chi connectivity index (χ3v) is 4.33. The van der Waals surface area contributed by atoms with E-state index in [1.165, 1.54) is 25.8 Å². The van der Waals surface area contributed by atoms with Crippen molar-refractivity contribution in [3.8, 4) is 0 Å². The van der Waals surface area contributed by atoms with Crippen LogP contribution >= 0.6 is 0 Å². The molecule has 18 heavy (non-hydrogen) atoms. The zero-order valence-electron chi connectivity index (χ0n) is 11.4. The van der Waals surface area contributed by atoms with Gasteiger partial charge in [-0.25, -0.2) is 8.78 Å². The second kappa shape index (κ2) is 6.29. The standard InChI is InChI=1S/C14H26F2N2/c1-2-7-18-8-4-13(5-9-18)17-11-12-3-6-14(15,16)10-12/h12-13,17H,2-11H2,1H3. The van der Waals surface area contributed by atoms with Gasteiger partial charge in [-0.1, -0.05) is 6.92 Å². The lowest BCUT2D eigenvalue weighted by molar-refractivity contribution is 0.00489. The van der Waals surface area contributed by atoms with E-state index in [2.05, 4.69) is 17.1 Å². The van der Waals surface area contributed by atoms with Crippen molar-refractivity contribution in [3.05, 3.63) is 0 Å². The Morgan fingerprint density at radius 2 is 1.94 bits per heavy atom. The SMILES string of the molecule is CCCN1CCC(NCC2CCC(F)(F)C2)CC1. The molecule has 1 aliphatic heterocycles. The fourth-order valence-electron chi connectivity index (χ4n) is 3.23. The second-order valence-electron chi connectivity index (χ2n) is 5.99. The molecule has 0 bridgehead atoms. The fraction of sp³-hybridized carbons (Fsp3) is 1.00. The molecule has 0 spiro atoms. The van der Waals surface area contributed by atoms with Crippen molar-refractivity contribution in [3.63, 3.8) is 0 Å². The van der Waals surface area contributed by atoms with Crippen LogP contribution in [0.3, 0.4) is 0 Å². The number of rotatable bonds is 5. The van der Waals surface area contributed by atoms with Gasteiger partial charge in [0.1, 0.15) is 0 Å². The summed E-state index contributed by atoms with van der Waals surface area (Å²) in [7, 11) is 0. The van der Waals surface area contributed by atoms with E-state index in [1.54, 1.807) is 0 Å². The number of likely N-dealkylation sites (tertiary alicyclic amines) is 1. The molecule has 0 amide bonds. The molecule has 1 aliphatic carbocycles. The minimum absolute atomic E-state index is 0.0916. The Bertz CT molecular complexity index is 250. The van der Waals surface area contributed by atoms with Crippen molar-refractivity contribution < 1.29 is 8.78 Å². The summed E-state index contributed by atoms with van der Waals surface area (Å²) in [5.74, 6) is -2.20. The number of piperidine rings is 1. The van der Waals surface area contributed by atoms with E-state index in [9.17, 15) is 8.78 Å². The molecule has 2 nitrogen and oxygen atoms in total. The summed E-state index contributed by atoms with van der Waals surface area (Å²) in [6.45, 7) is 6.51. The van der Waals surface area contributed by atoms with Gasteiger partial charge < -0.3 is 10.2 Å². The van der Waals surface area contributed by atoms with E-state index in [-0.39, 0.29) is 18.8 Å². The first-order valence-corrected chi connectivity index (χ1v) is 7.42. The second-order valence-corrected chi connectivity index (χ2v) is 5.99. The van der Waals surface area contributed by atoms with Crippen LogP contribution in [0.25, 0.3) is 0 Å². The molecule has 1 unspecified atom stereocenters. The van der Waals surface area contributed by atoms with Crippen LogP contribution in [0.2, 0.25) is 0 Å². The number of nitrogens with one attached hydrogen (secondary N) is 1. The Morgan fingerprint density at radius 3 is 2.50 bits per heavy atom. The summed E-state index contributed by atoms with van der Waals surface area (Å²) < 4.78 is 26.1. The van der Waals surface area contributed by atoms with Crippen molar-refractivity contribution in [1.82, 2.24) is 10.2 Å². The largest absolute Gasteiger partial charge is 0.314 e. The Balaban J connectivity index is 1.61. The van der Waals surface area contributed by atoms with Crippen LogP contribution in [0.1, 0.15) is 45.4 Å². The smallest absolute Gasteiger partial charge is 0.248 e. The highest BCUT2D eigenvalue weighted by Crippen LogP contribution is 2.38. The van der Waals surface area contributed by atoms with Crippen molar-refractivity contribution >= 4 is 0 Å². The van der Waals surface area contributed by atoms with E-state index in [0.29, 0.717) is 12.5 Å². The van der Waals surface area contributed by atoms with Crippen LogP contribution in [-0.4, -0.2) is 43.0 Å². The number of hydrogen-bond acceptors (Lipinski definition) is 2. The Kier molecular flexibility index (Phi) is 4.96. The topological polar surface area (TPSA) is 15.3 Å². The number of hydrogen-bond donors (Lipinski definition) is 1. The van der Waals surface area contributed by atoms with Crippen molar-refractivity contribution in [1.29, 1.82) is 0 Å². The van der Waals surface area contributed by atoms with Gasteiger partial charge in [-0.15, -0.1) is 0 Å². The van der Waals surface area contributed by atoms with Crippen LogP contribution in [-0.2, 0) is 0 Å². The third-order valence-electron chi connectivity index (χ3n) is 4.33. The molecule has 2 fully saturated rings. The molecular formula is C14H26F2N2. The van der Waals surface area contributed by atoms with E-state index >= 15 is 0 Å². The van der Waals surface area contributed by atoms with Gasteiger partial charge in [0, 0.05) is 18.9 Å². The molecule has 0 aromatic carbocycles. The summed E-state index contributed by atoms with van der Waals surface area (Å²) in [5, 5.41) is 3.50. The minimum Gasteiger partial charge on any atom is -0.314 e. The van der Waals surface area contributed by atoms with Gasteiger partial charge in [0.25, 0.3) is 0 Å². The predicted octanol–water partition coefficient (Wildman–Crippen LogP) is 2.89. The van der Waals surface area contributed by atoms with Gasteiger partial charge in [0.05, 0.1) is 0 Å². The van der Waals surface area contributed by atoms with E-state index < -0.39 is 5.92 Å². The first kappa shape index (κ1) is 14.2. The molecule has 0 aromatic rings. The zero-order valence-corrected chi connectivity index (χ0v) is 11.4. The Labute approximate surface area is 109 Å². The maximum atomic E-state index is 13.1. The summed E-state index contributed by atoms with van der Waals surface area (Å²) in [6, 6.07) is 0.548. The maximum absolute atomic E-state index is 13.1. The van der Waals surface area contributed by atoms with Crippen molar-refractivity contribution in [2.75, 3.05) is 26.2 Å². The van der Waals surface area contributed by atoms with Gasteiger partial charge in [-0.05, 0) is 57.8 Å². The van der Waals surface area contributed by atoms with Gasteiger partial charge in [-0.3, -0.25) is 0 Å². The lowest BCUT2D eigenvalue weighted by Crippen LogP contribution is -2.43. The first-order valence-electron chi connectivity index (χ1n) is 7.42. The Hall–Kier alpha value is -0.220. The lowest BCUT2D eigenvalue weighted by Gasteiger charge is -2.32. The van der Waals surface area contributed by atoms with Crippen LogP contribution in [0.15, 0.2) is 0 Å². The molecule has 106 valence electrons. The summed E-state index contributed by atoms with van der Waals surface area (Å²) >= 11 is 0. The van der Waals surface area contributed by atoms with Crippen LogP contribution in [0.5, 0.6) is 0 Å². The molecule has 1 atom stereocenters. The monoisotopic (exact) mass is 260 g/mol. The average Bonchev–Trinajstić information content (AvgIpc) is 2.69. The summed E-state index contributed by atoms with van der Waals surface area (Å²) in [4.78, 5) is 2.50. The molecule has 0 radical (unpaired) electrons. The number of nitrogens with zero attached hydrogens (tertiary/aromatic N) is 1. The average molecular weight is 260 g/mol. The molecule has 1 heterocycles. The summed E-state index contributed by atoms with van der Waals surface area (Å²) in [5.41, 5.74) is 0. The minimum atomic E-state index is -2.39. The van der Waals surface area contributed by atoms with Gasteiger partial charge in [-0.2, -0.15) is 0 Å². The highest BCUT2D eigenvalue weighted by Gasteiger charge is 2.39. The van der Waals surface area contributed by atoms with E-state index in [0.717, 1.165) is 19.6 Å². The molecule has 2 aliphatic rings. The third kappa shape index (κ3) is 4.16. The molecule has 4 heteroatoms. The maximum Gasteiger partial charge on any atom is 0.248 e. The number of halogens is 2. The molecule has 1 saturated heterocycles. The van der Waals surface area contributed by atoms with E-state index in [4.69, 9.17) is 0 Å². The molecule has 1 N–H and O–H groups in total. The van der Waals surface area contributed by atoms with Crippen LogP contribution < -0.4 is 5.32 Å². The molecule has 1 saturated carbocycles. The van der Waals surface area contributed by atoms with Crippen molar-refractivity contribution in [2.24, 2.45) is 5.92 Å². The van der Waals surface area contributed by atoms with Crippen LogP contribution in [0.4, 0.5) is 8.78 Å². The zero-order chi connectivity index (χ0) is 13.0. The van der Waals surface area contributed by atoms with Crippen LogP contribution in [0, 0.1) is 5.92 Å². The molecule has 0 aromatic heterocycles. The number of alkyl halides is 2. The first-order chi connectivity index (χ1) is 8.59. The highest BCUT2D eigenvalue weighted by atomic mass is 19.3.